The average Bonchev–Trinajstić information content (AvgIpc) is 2.72. The zero-order valence-corrected chi connectivity index (χ0v) is 10.7. The van der Waals surface area contributed by atoms with Crippen molar-refractivity contribution in [3.05, 3.63) is 64.0 Å². The fourth-order valence-electron chi connectivity index (χ4n) is 1.83. The van der Waals surface area contributed by atoms with Crippen LogP contribution in [0, 0.1) is 5.82 Å². The number of rotatable bonds is 3. The molecular weight excluding hydrogens is 265 g/mol. The Hall–Kier alpha value is -2.14. The molecule has 0 atom stereocenters. The lowest BCUT2D eigenvalue weighted by molar-refractivity contribution is 0.238. The molecule has 96 valence electrons. The summed E-state index contributed by atoms with van der Waals surface area (Å²) in [5.74, 6) is 0.0437. The second-order valence-corrected chi connectivity index (χ2v) is 4.99. The number of ether oxygens (including phenoxy) is 1. The Labute approximate surface area is 112 Å². The molecule has 0 unspecified atom stereocenters. The van der Waals surface area contributed by atoms with E-state index in [4.69, 9.17) is 4.74 Å². The van der Waals surface area contributed by atoms with Crippen molar-refractivity contribution in [3.63, 3.8) is 0 Å². The molecule has 3 rings (SSSR count). The normalized spacial score (nSPS) is 10.8. The molecule has 1 heterocycles. The topological polar surface area (TPSA) is 31.2 Å². The van der Waals surface area contributed by atoms with Crippen LogP contribution in [0.25, 0.3) is 10.2 Å². The smallest absolute Gasteiger partial charge is 0.310 e. The van der Waals surface area contributed by atoms with Crippen LogP contribution in [0.15, 0.2) is 53.3 Å². The van der Waals surface area contributed by atoms with Crippen molar-refractivity contribution in [2.75, 3.05) is 0 Å². The minimum absolute atomic E-state index is 0.0757. The van der Waals surface area contributed by atoms with Crippen LogP contribution in [0.3, 0.4) is 0 Å². The SMILES string of the molecule is O=c1sc2ccccc2n1COc1cccc(F)c1. The predicted octanol–water partition coefficient (Wildman–Crippen LogP) is 3.24. The largest absolute Gasteiger partial charge is 0.473 e. The predicted molar refractivity (Wildman–Crippen MR) is 73.1 cm³/mol. The molecule has 0 saturated heterocycles. The first-order valence-electron chi connectivity index (χ1n) is 5.71. The van der Waals surface area contributed by atoms with Gasteiger partial charge in [0.15, 0.2) is 6.73 Å². The summed E-state index contributed by atoms with van der Waals surface area (Å²) >= 11 is 1.17. The minimum atomic E-state index is -0.361. The highest BCUT2D eigenvalue weighted by Gasteiger charge is 2.07. The monoisotopic (exact) mass is 275 g/mol. The zero-order valence-electron chi connectivity index (χ0n) is 9.88. The van der Waals surface area contributed by atoms with Gasteiger partial charge in [0.25, 0.3) is 0 Å². The Morgan fingerprint density at radius 2 is 2.00 bits per heavy atom. The van der Waals surface area contributed by atoms with Crippen molar-refractivity contribution in [2.24, 2.45) is 0 Å². The number of halogens is 1. The molecule has 3 nitrogen and oxygen atoms in total. The van der Waals surface area contributed by atoms with Crippen LogP contribution in [0.4, 0.5) is 4.39 Å². The molecule has 0 saturated carbocycles. The molecule has 0 aliphatic carbocycles. The first-order valence-corrected chi connectivity index (χ1v) is 6.52. The fourth-order valence-corrected chi connectivity index (χ4v) is 2.71. The van der Waals surface area contributed by atoms with Crippen LogP contribution in [0.2, 0.25) is 0 Å². The van der Waals surface area contributed by atoms with E-state index in [1.54, 1.807) is 12.1 Å². The first-order chi connectivity index (χ1) is 9.24. The third-order valence-corrected chi connectivity index (χ3v) is 3.69. The van der Waals surface area contributed by atoms with Crippen molar-refractivity contribution in [3.8, 4) is 5.75 Å². The van der Waals surface area contributed by atoms with Crippen molar-refractivity contribution < 1.29 is 9.13 Å². The van der Waals surface area contributed by atoms with Crippen LogP contribution >= 0.6 is 11.3 Å². The highest BCUT2D eigenvalue weighted by molar-refractivity contribution is 7.16. The highest BCUT2D eigenvalue weighted by Crippen LogP contribution is 2.18. The van der Waals surface area contributed by atoms with E-state index in [9.17, 15) is 9.18 Å². The molecular formula is C14H10FNO2S. The van der Waals surface area contributed by atoms with Gasteiger partial charge in [-0.25, -0.2) is 4.39 Å². The molecule has 0 spiro atoms. The van der Waals surface area contributed by atoms with Crippen molar-refractivity contribution in [2.45, 2.75) is 6.73 Å². The second kappa shape index (κ2) is 4.85. The van der Waals surface area contributed by atoms with Crippen molar-refractivity contribution >= 4 is 21.6 Å². The van der Waals surface area contributed by atoms with Gasteiger partial charge >= 0.3 is 4.87 Å². The fraction of sp³-hybridized carbons (Fsp3) is 0.0714. The quantitative estimate of drug-likeness (QED) is 0.734. The molecule has 0 aliphatic rings. The summed E-state index contributed by atoms with van der Waals surface area (Å²) in [6.45, 7) is 0.0757. The van der Waals surface area contributed by atoms with Gasteiger partial charge in [-0.15, -0.1) is 0 Å². The maximum atomic E-state index is 13.0. The molecule has 1 aromatic heterocycles. The number of para-hydroxylation sites is 1. The van der Waals surface area contributed by atoms with Crippen molar-refractivity contribution in [1.82, 2.24) is 4.57 Å². The van der Waals surface area contributed by atoms with Gasteiger partial charge in [-0.1, -0.05) is 29.5 Å². The van der Waals surface area contributed by atoms with Crippen LogP contribution in [-0.2, 0) is 6.73 Å². The second-order valence-electron chi connectivity index (χ2n) is 3.99. The summed E-state index contributed by atoms with van der Waals surface area (Å²) in [5.41, 5.74) is 0.828. The maximum absolute atomic E-state index is 13.0. The molecule has 0 amide bonds. The Kier molecular flexibility index (Phi) is 3.05. The highest BCUT2D eigenvalue weighted by atomic mass is 32.1. The van der Waals surface area contributed by atoms with Crippen LogP contribution in [0.1, 0.15) is 0 Å². The van der Waals surface area contributed by atoms with Gasteiger partial charge < -0.3 is 4.74 Å². The van der Waals surface area contributed by atoms with E-state index in [2.05, 4.69) is 0 Å². The Morgan fingerprint density at radius 1 is 1.16 bits per heavy atom. The van der Waals surface area contributed by atoms with Gasteiger partial charge in [-0.2, -0.15) is 0 Å². The molecule has 0 radical (unpaired) electrons. The van der Waals surface area contributed by atoms with Crippen LogP contribution < -0.4 is 9.61 Å². The minimum Gasteiger partial charge on any atom is -0.473 e. The molecule has 0 bridgehead atoms. The summed E-state index contributed by atoms with van der Waals surface area (Å²) in [6.07, 6.45) is 0. The van der Waals surface area contributed by atoms with E-state index in [0.29, 0.717) is 5.75 Å². The van der Waals surface area contributed by atoms with E-state index < -0.39 is 0 Å². The number of nitrogens with zero attached hydrogens (tertiary/aromatic N) is 1. The van der Waals surface area contributed by atoms with Crippen LogP contribution in [0.5, 0.6) is 5.75 Å². The van der Waals surface area contributed by atoms with E-state index >= 15 is 0 Å². The first kappa shape index (κ1) is 11.9. The van der Waals surface area contributed by atoms with Gasteiger partial charge in [0, 0.05) is 6.07 Å². The van der Waals surface area contributed by atoms with E-state index in [-0.39, 0.29) is 17.4 Å². The third kappa shape index (κ3) is 2.37. The summed E-state index contributed by atoms with van der Waals surface area (Å²) in [7, 11) is 0. The summed E-state index contributed by atoms with van der Waals surface area (Å²) in [5, 5.41) is 0. The van der Waals surface area contributed by atoms with Gasteiger partial charge in [0.05, 0.1) is 10.2 Å². The Morgan fingerprint density at radius 3 is 2.84 bits per heavy atom. The van der Waals surface area contributed by atoms with Crippen LogP contribution in [-0.4, -0.2) is 4.57 Å². The van der Waals surface area contributed by atoms with E-state index in [1.165, 1.54) is 28.0 Å². The number of aromatic nitrogens is 1. The number of hydrogen-bond donors (Lipinski definition) is 0. The third-order valence-electron chi connectivity index (χ3n) is 2.73. The number of benzene rings is 2. The maximum Gasteiger partial charge on any atom is 0.310 e. The van der Waals surface area contributed by atoms with Gasteiger partial charge in [0.1, 0.15) is 11.6 Å². The molecule has 0 fully saturated rings. The van der Waals surface area contributed by atoms with Crippen molar-refractivity contribution in [1.29, 1.82) is 0 Å². The van der Waals surface area contributed by atoms with Gasteiger partial charge in [0.2, 0.25) is 0 Å². The van der Waals surface area contributed by atoms with Gasteiger partial charge in [-0.05, 0) is 24.3 Å². The Balaban J connectivity index is 1.90. The van der Waals surface area contributed by atoms with Gasteiger partial charge in [-0.3, -0.25) is 9.36 Å². The molecule has 2 aromatic carbocycles. The molecule has 3 aromatic rings. The molecule has 0 aliphatic heterocycles. The lowest BCUT2D eigenvalue weighted by Gasteiger charge is -2.07. The molecule has 5 heteroatoms. The summed E-state index contributed by atoms with van der Waals surface area (Å²) < 4.78 is 20.9. The van der Waals surface area contributed by atoms with E-state index in [0.717, 1.165) is 10.2 Å². The zero-order chi connectivity index (χ0) is 13.2. The number of hydrogen-bond acceptors (Lipinski definition) is 3. The Bertz CT molecular complexity index is 778. The lowest BCUT2D eigenvalue weighted by Crippen LogP contribution is -2.16. The molecule has 19 heavy (non-hydrogen) atoms. The lowest BCUT2D eigenvalue weighted by atomic mass is 10.3. The average molecular weight is 275 g/mol. The number of fused-ring (bicyclic) bond motifs is 1. The number of thiazole rings is 1. The van der Waals surface area contributed by atoms with E-state index in [1.807, 2.05) is 24.3 Å². The summed E-state index contributed by atoms with van der Waals surface area (Å²) in [4.78, 5) is 11.8. The molecule has 0 N–H and O–H groups in total. The summed E-state index contributed by atoms with van der Waals surface area (Å²) in [6, 6.07) is 13.4. The standard InChI is InChI=1S/C14H10FNO2S/c15-10-4-3-5-11(8-10)18-9-16-12-6-1-2-7-13(12)19-14(16)17/h1-8H,9H2.